The molecule has 3 rings (SSSR count). The largest absolute Gasteiger partial charge is 0.316 e. The molecule has 0 saturated carbocycles. The van der Waals surface area contributed by atoms with Gasteiger partial charge in [0.2, 0.25) is 0 Å². The van der Waals surface area contributed by atoms with Crippen molar-refractivity contribution in [3.8, 4) is 0 Å². The third-order valence-electron chi connectivity index (χ3n) is 4.73. The van der Waals surface area contributed by atoms with Gasteiger partial charge in [-0.05, 0) is 48.7 Å². The van der Waals surface area contributed by atoms with Gasteiger partial charge in [-0.3, -0.25) is 4.90 Å². The summed E-state index contributed by atoms with van der Waals surface area (Å²) in [6.45, 7) is 9.90. The number of hydrogen-bond donors (Lipinski definition) is 1. The van der Waals surface area contributed by atoms with Gasteiger partial charge >= 0.3 is 0 Å². The molecular formula is C13H24N6. The lowest BCUT2D eigenvalue weighted by molar-refractivity contribution is 0.221. The minimum absolute atomic E-state index is 0.635. The molecule has 3 heterocycles. The highest BCUT2D eigenvalue weighted by Gasteiger charge is 2.41. The van der Waals surface area contributed by atoms with E-state index < -0.39 is 0 Å². The van der Waals surface area contributed by atoms with Crippen LogP contribution in [0.4, 0.5) is 0 Å². The summed E-state index contributed by atoms with van der Waals surface area (Å²) < 4.78 is 1.97. The summed E-state index contributed by atoms with van der Waals surface area (Å²) >= 11 is 0. The number of aromatic nitrogens is 4. The van der Waals surface area contributed by atoms with Gasteiger partial charge < -0.3 is 5.32 Å². The Labute approximate surface area is 114 Å². The summed E-state index contributed by atoms with van der Waals surface area (Å²) in [4.78, 5) is 2.55. The molecule has 1 aromatic rings. The van der Waals surface area contributed by atoms with Crippen LogP contribution in [-0.2, 0) is 13.1 Å². The van der Waals surface area contributed by atoms with Gasteiger partial charge in [0.1, 0.15) is 0 Å². The van der Waals surface area contributed by atoms with E-state index in [0.29, 0.717) is 6.04 Å². The van der Waals surface area contributed by atoms with Crippen molar-refractivity contribution in [2.24, 2.45) is 11.8 Å². The number of nitrogens with zero attached hydrogens (tertiary/aromatic N) is 5. The molecule has 1 aromatic heterocycles. The summed E-state index contributed by atoms with van der Waals surface area (Å²) in [6, 6.07) is 0.635. The number of tetrazole rings is 1. The molecule has 0 amide bonds. The Hall–Kier alpha value is -1.01. The highest BCUT2D eigenvalue weighted by molar-refractivity contribution is 4.98. The van der Waals surface area contributed by atoms with Crippen LogP contribution in [0.1, 0.15) is 32.5 Å². The highest BCUT2D eigenvalue weighted by atomic mass is 15.5. The fraction of sp³-hybridized carbons (Fsp3) is 0.923. The van der Waals surface area contributed by atoms with Gasteiger partial charge in [0.05, 0.1) is 6.54 Å². The fourth-order valence-corrected chi connectivity index (χ4v) is 3.46. The van der Waals surface area contributed by atoms with Crippen LogP contribution < -0.4 is 5.32 Å². The van der Waals surface area contributed by atoms with E-state index >= 15 is 0 Å². The number of hydrogen-bond acceptors (Lipinski definition) is 5. The van der Waals surface area contributed by atoms with Crippen LogP contribution in [0.3, 0.4) is 0 Å². The number of fused-ring (bicyclic) bond motifs is 1. The van der Waals surface area contributed by atoms with Crippen LogP contribution in [-0.4, -0.2) is 50.8 Å². The first-order valence-electron chi connectivity index (χ1n) is 7.49. The monoisotopic (exact) mass is 264 g/mol. The van der Waals surface area contributed by atoms with E-state index in [0.717, 1.165) is 37.2 Å². The van der Waals surface area contributed by atoms with Crippen molar-refractivity contribution in [3.63, 3.8) is 0 Å². The first-order chi connectivity index (χ1) is 9.29. The molecule has 2 saturated heterocycles. The van der Waals surface area contributed by atoms with E-state index in [4.69, 9.17) is 0 Å². The number of likely N-dealkylation sites (tertiary alicyclic amines) is 1. The molecule has 0 spiro atoms. The highest BCUT2D eigenvalue weighted by Crippen LogP contribution is 2.32. The predicted octanol–water partition coefficient (Wildman–Crippen LogP) is 0.513. The van der Waals surface area contributed by atoms with E-state index in [1.165, 1.54) is 26.1 Å². The summed E-state index contributed by atoms with van der Waals surface area (Å²) in [5, 5.41) is 15.7. The van der Waals surface area contributed by atoms with E-state index in [2.05, 4.69) is 39.6 Å². The zero-order valence-corrected chi connectivity index (χ0v) is 11.9. The number of rotatable bonds is 5. The Morgan fingerprint density at radius 2 is 2.26 bits per heavy atom. The van der Waals surface area contributed by atoms with E-state index in [1.807, 2.05) is 4.68 Å². The van der Waals surface area contributed by atoms with Crippen LogP contribution in [0.15, 0.2) is 0 Å². The van der Waals surface area contributed by atoms with Crippen LogP contribution in [0, 0.1) is 11.8 Å². The zero-order chi connectivity index (χ0) is 13.2. The lowest BCUT2D eigenvalue weighted by Crippen LogP contribution is -2.33. The van der Waals surface area contributed by atoms with Crippen molar-refractivity contribution in [1.82, 2.24) is 30.4 Å². The van der Waals surface area contributed by atoms with E-state index in [9.17, 15) is 0 Å². The summed E-state index contributed by atoms with van der Waals surface area (Å²) in [6.07, 6.45) is 2.32. The summed E-state index contributed by atoms with van der Waals surface area (Å²) in [5.74, 6) is 2.64. The van der Waals surface area contributed by atoms with E-state index in [1.54, 1.807) is 0 Å². The molecule has 6 heteroatoms. The van der Waals surface area contributed by atoms with Crippen molar-refractivity contribution < 1.29 is 0 Å². The Morgan fingerprint density at radius 3 is 3.05 bits per heavy atom. The van der Waals surface area contributed by atoms with Gasteiger partial charge in [0.25, 0.3) is 0 Å². The van der Waals surface area contributed by atoms with Crippen LogP contribution in [0.25, 0.3) is 0 Å². The summed E-state index contributed by atoms with van der Waals surface area (Å²) in [7, 11) is 0. The maximum absolute atomic E-state index is 4.21. The Kier molecular flexibility index (Phi) is 3.79. The van der Waals surface area contributed by atoms with Gasteiger partial charge in [-0.1, -0.05) is 13.3 Å². The minimum Gasteiger partial charge on any atom is -0.316 e. The molecule has 0 radical (unpaired) electrons. The quantitative estimate of drug-likeness (QED) is 0.840. The molecule has 106 valence electrons. The van der Waals surface area contributed by atoms with Crippen LogP contribution in [0.2, 0.25) is 0 Å². The molecule has 1 N–H and O–H groups in total. The maximum atomic E-state index is 4.21. The number of aryl methyl sites for hydroxylation is 1. The van der Waals surface area contributed by atoms with Crippen molar-refractivity contribution >= 4 is 0 Å². The Bertz CT molecular complexity index is 417. The molecule has 0 aliphatic carbocycles. The smallest absolute Gasteiger partial charge is 0.165 e. The fourth-order valence-electron chi connectivity index (χ4n) is 3.46. The lowest BCUT2D eigenvalue weighted by Gasteiger charge is -2.23. The number of nitrogens with one attached hydrogen (secondary N) is 1. The van der Waals surface area contributed by atoms with Gasteiger partial charge in [0, 0.05) is 19.1 Å². The number of unbranched alkanes of at least 4 members (excludes halogenated alkanes) is 1. The van der Waals surface area contributed by atoms with Crippen molar-refractivity contribution in [1.29, 1.82) is 0 Å². The normalized spacial score (nSPS) is 30.9. The van der Waals surface area contributed by atoms with E-state index in [-0.39, 0.29) is 0 Å². The molecule has 3 unspecified atom stereocenters. The van der Waals surface area contributed by atoms with Crippen LogP contribution >= 0.6 is 0 Å². The van der Waals surface area contributed by atoms with Gasteiger partial charge in [-0.2, -0.15) is 0 Å². The molecule has 19 heavy (non-hydrogen) atoms. The molecule has 0 bridgehead atoms. The second-order valence-corrected chi connectivity index (χ2v) is 5.92. The molecular weight excluding hydrogens is 240 g/mol. The lowest BCUT2D eigenvalue weighted by atomic mass is 9.95. The first kappa shape index (κ1) is 13.0. The topological polar surface area (TPSA) is 58.9 Å². The zero-order valence-electron chi connectivity index (χ0n) is 11.9. The van der Waals surface area contributed by atoms with Crippen molar-refractivity contribution in [2.75, 3.05) is 19.6 Å². The molecule has 3 atom stereocenters. The molecule has 0 aromatic carbocycles. The van der Waals surface area contributed by atoms with Gasteiger partial charge in [0.15, 0.2) is 5.82 Å². The standard InChI is InChI=1S/C13H24N6/c1-3-4-5-19-13(15-16-17-19)9-18-8-11-6-14-7-12(11)10(18)2/h10-12,14H,3-9H2,1-2H3. The third kappa shape index (κ3) is 2.51. The van der Waals surface area contributed by atoms with Gasteiger partial charge in [-0.15, -0.1) is 5.10 Å². The van der Waals surface area contributed by atoms with Crippen LogP contribution in [0.5, 0.6) is 0 Å². The SMILES string of the molecule is CCCCn1nnnc1CN1CC2CNCC2C1C. The average Bonchev–Trinajstić information content (AvgIpc) is 3.08. The molecule has 6 nitrogen and oxygen atoms in total. The first-order valence-corrected chi connectivity index (χ1v) is 7.49. The summed E-state index contributed by atoms with van der Waals surface area (Å²) in [5.41, 5.74) is 0. The Balaban J connectivity index is 1.64. The van der Waals surface area contributed by atoms with Gasteiger partial charge in [-0.25, -0.2) is 4.68 Å². The predicted molar refractivity (Wildman–Crippen MR) is 72.4 cm³/mol. The average molecular weight is 264 g/mol. The Morgan fingerprint density at radius 1 is 1.37 bits per heavy atom. The molecule has 2 aliphatic rings. The maximum Gasteiger partial charge on any atom is 0.165 e. The van der Waals surface area contributed by atoms with Crippen molar-refractivity contribution in [2.45, 2.75) is 45.8 Å². The third-order valence-corrected chi connectivity index (χ3v) is 4.73. The molecule has 2 aliphatic heterocycles. The minimum atomic E-state index is 0.635. The second-order valence-electron chi connectivity index (χ2n) is 5.92. The second kappa shape index (κ2) is 5.54. The molecule has 2 fully saturated rings. The van der Waals surface area contributed by atoms with Crippen molar-refractivity contribution in [3.05, 3.63) is 5.82 Å².